The first kappa shape index (κ1) is 70.4. The number of nitrogens with zero attached hydrogens (tertiary/aromatic N) is 3. The van der Waals surface area contributed by atoms with Gasteiger partial charge in [0.2, 0.25) is 17.7 Å². The van der Waals surface area contributed by atoms with Crippen LogP contribution in [0.4, 0.5) is 0 Å². The first-order valence-electron chi connectivity index (χ1n) is 26.1. The zero-order valence-corrected chi connectivity index (χ0v) is 54.1. The van der Waals surface area contributed by atoms with E-state index in [1.54, 1.807) is 81.3 Å². The Kier molecular flexibility index (Phi) is 31.6. The number of rotatable bonds is 13. The number of ketones is 1. The van der Waals surface area contributed by atoms with Crippen LogP contribution in [0.2, 0.25) is 0 Å². The van der Waals surface area contributed by atoms with Crippen LogP contribution in [0, 0.1) is 0 Å². The van der Waals surface area contributed by atoms with E-state index in [1.165, 1.54) is 0 Å². The summed E-state index contributed by atoms with van der Waals surface area (Å²) < 4.78 is 34.1. The monoisotopic (exact) mass is 1150 g/mol. The van der Waals surface area contributed by atoms with Crippen LogP contribution in [-0.2, 0) is 69.0 Å². The van der Waals surface area contributed by atoms with Gasteiger partial charge in [-0.15, -0.1) is 0 Å². The van der Waals surface area contributed by atoms with Gasteiger partial charge in [0.1, 0.15) is 36.2 Å². The van der Waals surface area contributed by atoms with E-state index in [0.29, 0.717) is 96.8 Å². The number of hydrogen-bond acceptors (Lipinski definition) is 14. The molecule has 422 valence electrons. The summed E-state index contributed by atoms with van der Waals surface area (Å²) in [4.78, 5) is 59.8. The standard InChI is InChI=1S/C25H31NO5.C17H19NO2.C10H13NO2.C8H12O3.CH2O2.2K.H/c1-26(2)23(27)22(24(28)12-14-25(15-13-24)30-16-17-31-25)20-8-10-21(11-9-20)29-18-19-6-4-3-5-7-19;1-18(2)17(19)12-14-8-10-16(11-9-14)20-13-15-6-4-3-5-7-15;1-11(2)10(13)7-8-3-5-9(12)6-4-8;9-7-1-3-8(4-2-7)10-5-6-11-8;2-1-3;;;/h3-11,22,28H,12-18H2,1-2H3;3-11H,12-13H2,1-2H3;3-6,12H,7H2,1-2H3;1-6H2;1H,(H,2,3);;;/q;;;;;2*+1;-1/p-1. The Hall–Kier alpha value is -3.88. The van der Waals surface area contributed by atoms with Gasteiger partial charge in [-0.2, -0.15) is 0 Å². The molecule has 2 spiro atoms. The quantitative estimate of drug-likeness (QED) is 0.123. The Morgan fingerprint density at radius 3 is 1.30 bits per heavy atom. The number of carboxylic acid groups (broad SMARTS) is 1. The SMILES string of the molecule is CN(C)C(=O)C(c1ccc(OCc2ccccc2)cc1)C1(O)CCC2(CC1)OCCO2.CN(C)C(=O)Cc1ccc(O)cc1.CN(C)C(=O)Cc1ccc(OCc2ccccc2)cc1.O=C1CCC2(CC1)OCCO2.O=C[O-].[H-].[K+].[K+]. The van der Waals surface area contributed by atoms with E-state index in [0.717, 1.165) is 52.2 Å². The van der Waals surface area contributed by atoms with Crippen molar-refractivity contribution in [3.05, 3.63) is 161 Å². The number of aromatic hydroxyl groups is 1. The van der Waals surface area contributed by atoms with Gasteiger partial charge in [0, 0.05) is 87.3 Å². The molecular weight excluding hydrogens is 1080 g/mol. The number of phenols is 1. The van der Waals surface area contributed by atoms with Crippen LogP contribution in [0.15, 0.2) is 133 Å². The topological polar surface area (TPSA) is 214 Å². The van der Waals surface area contributed by atoms with Crippen molar-refractivity contribution < 1.29 is 172 Å². The maximum Gasteiger partial charge on any atom is 1.00 e. The summed E-state index contributed by atoms with van der Waals surface area (Å²) in [5.41, 5.74) is 3.78. The Morgan fingerprint density at radius 1 is 0.562 bits per heavy atom. The molecular formula is C61H77K2N3O14. The van der Waals surface area contributed by atoms with Crippen LogP contribution >= 0.6 is 0 Å². The third-order valence-corrected chi connectivity index (χ3v) is 13.6. The molecule has 17 nitrogen and oxygen atoms in total. The number of likely N-dealkylation sites (N-methyl/N-ethyl adjacent to an activating group) is 3. The molecule has 2 aliphatic carbocycles. The van der Waals surface area contributed by atoms with Gasteiger partial charge in [-0.25, -0.2) is 0 Å². The zero-order valence-electron chi connectivity index (χ0n) is 48.8. The van der Waals surface area contributed by atoms with Crippen molar-refractivity contribution in [2.75, 3.05) is 68.7 Å². The maximum absolute atomic E-state index is 13.1. The fourth-order valence-corrected chi connectivity index (χ4v) is 9.00. The van der Waals surface area contributed by atoms with Crippen LogP contribution in [0.1, 0.15) is 86.5 Å². The third kappa shape index (κ3) is 23.4. The molecule has 2 saturated carbocycles. The predicted octanol–water partition coefficient (Wildman–Crippen LogP) is 0.764. The van der Waals surface area contributed by atoms with Gasteiger partial charge in [0.15, 0.2) is 11.6 Å². The molecule has 0 radical (unpaired) electrons. The average Bonchev–Trinajstić information content (AvgIpc) is 4.12. The van der Waals surface area contributed by atoms with Crippen LogP contribution in [0.3, 0.4) is 0 Å². The number of Topliss-reactive ketones (excluding diaryl/α,β-unsaturated/α-hetero) is 1. The second kappa shape index (κ2) is 36.0. The molecule has 5 aromatic carbocycles. The van der Waals surface area contributed by atoms with Gasteiger partial charge in [0.25, 0.3) is 0 Å². The van der Waals surface area contributed by atoms with Gasteiger partial charge in [-0.3, -0.25) is 19.2 Å². The van der Waals surface area contributed by atoms with Crippen molar-refractivity contribution in [2.45, 2.75) is 101 Å². The molecule has 80 heavy (non-hydrogen) atoms. The van der Waals surface area contributed by atoms with Crippen LogP contribution in [-0.4, -0.2) is 141 Å². The van der Waals surface area contributed by atoms with E-state index in [-0.39, 0.29) is 133 Å². The van der Waals surface area contributed by atoms with Crippen LogP contribution < -0.4 is 117 Å². The molecule has 2 aliphatic heterocycles. The van der Waals surface area contributed by atoms with E-state index >= 15 is 0 Å². The van der Waals surface area contributed by atoms with Crippen molar-refractivity contribution in [1.29, 1.82) is 0 Å². The minimum Gasteiger partial charge on any atom is -1.00 e. The summed E-state index contributed by atoms with van der Waals surface area (Å²) in [5.74, 6) is 0.556. The summed E-state index contributed by atoms with van der Waals surface area (Å²) in [6, 6.07) is 41.8. The van der Waals surface area contributed by atoms with Gasteiger partial charge in [-0.05, 0) is 77.1 Å². The zero-order chi connectivity index (χ0) is 56.6. The summed E-state index contributed by atoms with van der Waals surface area (Å²) >= 11 is 0. The number of carbonyl (C=O) groups is 5. The molecule has 5 aromatic rings. The molecule has 2 heterocycles. The number of ether oxygens (including phenoxy) is 6. The molecule has 1 unspecified atom stereocenters. The second-order valence-corrected chi connectivity index (χ2v) is 20.0. The molecule has 2 saturated heterocycles. The molecule has 4 aliphatic rings. The number of amides is 3. The first-order valence-corrected chi connectivity index (χ1v) is 26.1. The van der Waals surface area contributed by atoms with Gasteiger partial charge < -0.3 is 64.7 Å². The Bertz CT molecular complexity index is 2600. The van der Waals surface area contributed by atoms with E-state index in [4.69, 9.17) is 43.4 Å². The third-order valence-electron chi connectivity index (χ3n) is 13.6. The Morgan fingerprint density at radius 2 is 0.925 bits per heavy atom. The molecule has 0 bridgehead atoms. The van der Waals surface area contributed by atoms with Gasteiger partial charge >= 0.3 is 103 Å². The minimum atomic E-state index is -1.14. The predicted molar refractivity (Wildman–Crippen MR) is 292 cm³/mol. The number of carbonyl (C=O) groups excluding carboxylic acids is 5. The normalized spacial score (nSPS) is 16.2. The van der Waals surface area contributed by atoms with E-state index in [9.17, 15) is 24.3 Å². The molecule has 1 atom stereocenters. The Balaban J connectivity index is 0.000000386. The van der Waals surface area contributed by atoms with E-state index < -0.39 is 23.8 Å². The van der Waals surface area contributed by atoms with Crippen LogP contribution in [0.25, 0.3) is 0 Å². The van der Waals surface area contributed by atoms with Gasteiger partial charge in [-0.1, -0.05) is 97.1 Å². The molecule has 2 N–H and O–H groups in total. The second-order valence-electron chi connectivity index (χ2n) is 20.0. The molecule has 3 amide bonds. The number of phenolic OH excluding ortho intramolecular Hbond substituents is 1. The smallest absolute Gasteiger partial charge is 1.00 e. The molecule has 19 heteroatoms. The maximum atomic E-state index is 13.1. The fraction of sp³-hybridized carbons (Fsp3) is 0.426. The van der Waals surface area contributed by atoms with Gasteiger partial charge in [0.05, 0.1) is 50.8 Å². The first-order chi connectivity index (χ1) is 37.4. The molecule has 9 rings (SSSR count). The average molecular weight is 1150 g/mol. The van der Waals surface area contributed by atoms with Crippen molar-refractivity contribution in [3.63, 3.8) is 0 Å². The van der Waals surface area contributed by atoms with Crippen molar-refractivity contribution in [2.24, 2.45) is 0 Å². The number of benzene rings is 5. The summed E-state index contributed by atoms with van der Waals surface area (Å²) in [6.07, 6.45) is 5.63. The fourth-order valence-electron chi connectivity index (χ4n) is 9.00. The number of hydrogen-bond donors (Lipinski definition) is 2. The summed E-state index contributed by atoms with van der Waals surface area (Å²) in [6.45, 7) is 3.08. The number of aliphatic hydroxyl groups is 1. The van der Waals surface area contributed by atoms with Crippen molar-refractivity contribution in [3.8, 4) is 17.2 Å². The largest absolute Gasteiger partial charge is 1.00 e. The minimum absolute atomic E-state index is 0. The van der Waals surface area contributed by atoms with Crippen LogP contribution in [0.5, 0.6) is 17.2 Å². The van der Waals surface area contributed by atoms with Crippen molar-refractivity contribution in [1.82, 2.24) is 14.7 Å². The van der Waals surface area contributed by atoms with Crippen molar-refractivity contribution >= 4 is 30.0 Å². The molecule has 0 aromatic heterocycles. The van der Waals surface area contributed by atoms with E-state index in [1.807, 2.05) is 109 Å². The van der Waals surface area contributed by atoms with E-state index in [2.05, 4.69) is 0 Å². The summed E-state index contributed by atoms with van der Waals surface area (Å²) in [7, 11) is 10.4. The molecule has 4 fully saturated rings. The summed E-state index contributed by atoms with van der Waals surface area (Å²) in [5, 5.41) is 28.8. The Labute approximate surface area is 557 Å².